The number of ether oxygens (including phenoxy) is 1. The van der Waals surface area contributed by atoms with Crippen LogP contribution in [0.25, 0.3) is 11.4 Å². The molecule has 146 valence electrons. The molecule has 1 aliphatic rings. The van der Waals surface area contributed by atoms with Crippen molar-refractivity contribution in [1.82, 2.24) is 14.4 Å². The van der Waals surface area contributed by atoms with Crippen molar-refractivity contribution in [2.24, 2.45) is 0 Å². The Bertz CT molecular complexity index is 1050. The van der Waals surface area contributed by atoms with Gasteiger partial charge >= 0.3 is 0 Å². The highest BCUT2D eigenvalue weighted by atomic mass is 32.2. The fourth-order valence-electron chi connectivity index (χ4n) is 3.38. The molecule has 4 rings (SSSR count). The van der Waals surface area contributed by atoms with Crippen molar-refractivity contribution < 1.29 is 17.7 Å². The summed E-state index contributed by atoms with van der Waals surface area (Å²) in [5.41, 5.74) is 0.791. The molecule has 28 heavy (non-hydrogen) atoms. The number of hydrogen-bond donors (Lipinski definition) is 0. The molecule has 0 unspecified atom stereocenters. The first-order chi connectivity index (χ1) is 13.6. The van der Waals surface area contributed by atoms with Crippen LogP contribution >= 0.6 is 0 Å². The molecule has 1 saturated heterocycles. The van der Waals surface area contributed by atoms with E-state index in [1.165, 1.54) is 4.31 Å². The molecule has 0 amide bonds. The molecule has 0 aliphatic carbocycles. The fraction of sp³-hybridized carbons (Fsp3) is 0.300. The molecular weight excluding hydrogens is 378 g/mol. The zero-order valence-corrected chi connectivity index (χ0v) is 16.3. The average Bonchev–Trinajstić information content (AvgIpc) is 3.25. The molecule has 8 heteroatoms. The normalized spacial score (nSPS) is 18.1. The van der Waals surface area contributed by atoms with Gasteiger partial charge in [0.1, 0.15) is 5.75 Å². The lowest BCUT2D eigenvalue weighted by Gasteiger charge is -2.30. The van der Waals surface area contributed by atoms with Gasteiger partial charge in [0, 0.05) is 18.7 Å². The average molecular weight is 399 g/mol. The highest BCUT2D eigenvalue weighted by molar-refractivity contribution is 7.89. The number of sulfonamides is 1. The molecule has 1 atom stereocenters. The molecule has 2 aromatic carbocycles. The highest BCUT2D eigenvalue weighted by Crippen LogP contribution is 2.31. The van der Waals surface area contributed by atoms with Gasteiger partial charge in [0.15, 0.2) is 0 Å². The van der Waals surface area contributed by atoms with Gasteiger partial charge < -0.3 is 9.26 Å². The molecule has 0 radical (unpaired) electrons. The number of hydrogen-bond acceptors (Lipinski definition) is 6. The Kier molecular flexibility index (Phi) is 5.15. The van der Waals surface area contributed by atoms with E-state index < -0.39 is 10.0 Å². The Hall–Kier alpha value is -2.71. The molecule has 0 spiro atoms. The maximum Gasteiger partial charge on any atom is 0.243 e. The summed E-state index contributed by atoms with van der Waals surface area (Å²) in [6.45, 7) is 0.821. The molecule has 1 fully saturated rings. The second-order valence-corrected chi connectivity index (χ2v) is 8.64. The maximum atomic E-state index is 12.9. The summed E-state index contributed by atoms with van der Waals surface area (Å²) in [7, 11) is -1.93. The molecule has 7 nitrogen and oxygen atoms in total. The van der Waals surface area contributed by atoms with Crippen molar-refractivity contribution in [3.05, 3.63) is 60.5 Å². The summed E-state index contributed by atoms with van der Waals surface area (Å²) in [4.78, 5) is 4.82. The van der Waals surface area contributed by atoms with Gasteiger partial charge in [-0.3, -0.25) is 0 Å². The molecule has 3 aromatic rings. The second kappa shape index (κ2) is 7.73. The lowest BCUT2D eigenvalue weighted by molar-refractivity contribution is 0.265. The van der Waals surface area contributed by atoms with Crippen molar-refractivity contribution >= 4 is 10.0 Å². The Balaban J connectivity index is 1.55. The molecule has 1 aliphatic heterocycles. The van der Waals surface area contributed by atoms with Gasteiger partial charge in [-0.25, -0.2) is 8.42 Å². The van der Waals surface area contributed by atoms with Crippen LogP contribution in [0.3, 0.4) is 0 Å². The predicted molar refractivity (Wildman–Crippen MR) is 103 cm³/mol. The van der Waals surface area contributed by atoms with E-state index in [0.717, 1.165) is 18.4 Å². The van der Waals surface area contributed by atoms with Crippen LogP contribution in [0.1, 0.15) is 24.7 Å². The van der Waals surface area contributed by atoms with Crippen molar-refractivity contribution in [1.29, 1.82) is 0 Å². The van der Waals surface area contributed by atoms with E-state index in [1.54, 1.807) is 37.4 Å². The third kappa shape index (κ3) is 3.65. The van der Waals surface area contributed by atoms with E-state index in [1.807, 2.05) is 24.3 Å². The molecule has 0 bridgehead atoms. The standard InChI is InChI=1S/C20H21N3O4S/c1-26-17-9-5-7-15(13-17)19-21-20(27-22-19)16-8-6-12-23(14-16)28(24,25)18-10-3-2-4-11-18/h2-5,7,9-11,13,16H,6,8,12,14H2,1H3/t16-/m0/s1. The summed E-state index contributed by atoms with van der Waals surface area (Å²) in [5, 5.41) is 4.07. The first-order valence-electron chi connectivity index (χ1n) is 9.11. The Morgan fingerprint density at radius 1 is 1.14 bits per heavy atom. The van der Waals surface area contributed by atoms with Gasteiger partial charge in [-0.1, -0.05) is 35.5 Å². The largest absolute Gasteiger partial charge is 0.497 e. The number of nitrogens with zero attached hydrogens (tertiary/aromatic N) is 3. The van der Waals surface area contributed by atoms with Gasteiger partial charge in [0.05, 0.1) is 17.9 Å². The van der Waals surface area contributed by atoms with Crippen LogP contribution < -0.4 is 4.74 Å². The van der Waals surface area contributed by atoms with Crippen LogP contribution in [-0.4, -0.2) is 43.1 Å². The monoisotopic (exact) mass is 399 g/mol. The van der Waals surface area contributed by atoms with Crippen molar-refractivity contribution in [2.45, 2.75) is 23.7 Å². The molecule has 0 saturated carbocycles. The van der Waals surface area contributed by atoms with E-state index in [9.17, 15) is 8.42 Å². The van der Waals surface area contributed by atoms with Gasteiger partial charge in [-0.2, -0.15) is 9.29 Å². The van der Waals surface area contributed by atoms with E-state index in [4.69, 9.17) is 9.26 Å². The van der Waals surface area contributed by atoms with Crippen LogP contribution in [-0.2, 0) is 10.0 Å². The van der Waals surface area contributed by atoms with Crippen LogP contribution in [0.4, 0.5) is 0 Å². The van der Waals surface area contributed by atoms with E-state index >= 15 is 0 Å². The fourth-order valence-corrected chi connectivity index (χ4v) is 4.93. The Labute approximate surface area is 164 Å². The smallest absolute Gasteiger partial charge is 0.243 e. The summed E-state index contributed by atoms with van der Waals surface area (Å²) in [6, 6.07) is 15.9. The third-order valence-electron chi connectivity index (χ3n) is 4.88. The maximum absolute atomic E-state index is 12.9. The summed E-state index contributed by atoms with van der Waals surface area (Å²) >= 11 is 0. The lowest BCUT2D eigenvalue weighted by atomic mass is 10.00. The Morgan fingerprint density at radius 3 is 2.75 bits per heavy atom. The quantitative estimate of drug-likeness (QED) is 0.654. The molecule has 2 heterocycles. The predicted octanol–water partition coefficient (Wildman–Crippen LogP) is 3.31. The van der Waals surface area contributed by atoms with Crippen molar-refractivity contribution in [3.8, 4) is 17.1 Å². The first-order valence-corrected chi connectivity index (χ1v) is 10.5. The number of aromatic nitrogens is 2. The van der Waals surface area contributed by atoms with Crippen molar-refractivity contribution in [2.75, 3.05) is 20.2 Å². The van der Waals surface area contributed by atoms with E-state index in [2.05, 4.69) is 10.1 Å². The molecule has 0 N–H and O–H groups in total. The van der Waals surface area contributed by atoms with Gasteiger partial charge in [-0.05, 0) is 37.1 Å². The zero-order chi connectivity index (χ0) is 19.6. The van der Waals surface area contributed by atoms with Crippen LogP contribution in [0, 0.1) is 0 Å². The number of benzene rings is 2. The topological polar surface area (TPSA) is 85.5 Å². The Morgan fingerprint density at radius 2 is 1.96 bits per heavy atom. The van der Waals surface area contributed by atoms with Crippen LogP contribution in [0.2, 0.25) is 0 Å². The first kappa shape index (κ1) is 18.6. The van der Waals surface area contributed by atoms with Gasteiger partial charge in [0.25, 0.3) is 0 Å². The molecular formula is C20H21N3O4S. The summed E-state index contributed by atoms with van der Waals surface area (Å²) < 4.78 is 38.0. The zero-order valence-electron chi connectivity index (χ0n) is 15.5. The molecule has 1 aromatic heterocycles. The number of piperidine rings is 1. The number of methoxy groups -OCH3 is 1. The third-order valence-corrected chi connectivity index (χ3v) is 6.76. The summed E-state index contributed by atoms with van der Waals surface area (Å²) in [5.74, 6) is 1.52. The highest BCUT2D eigenvalue weighted by Gasteiger charge is 2.33. The van der Waals surface area contributed by atoms with Crippen LogP contribution in [0.5, 0.6) is 5.75 Å². The van der Waals surface area contributed by atoms with Crippen molar-refractivity contribution in [3.63, 3.8) is 0 Å². The van der Waals surface area contributed by atoms with Gasteiger partial charge in [0.2, 0.25) is 21.7 Å². The van der Waals surface area contributed by atoms with E-state index in [0.29, 0.717) is 35.4 Å². The minimum atomic E-state index is -3.53. The summed E-state index contributed by atoms with van der Waals surface area (Å²) in [6.07, 6.45) is 1.55. The minimum absolute atomic E-state index is 0.126. The SMILES string of the molecule is COc1cccc(-c2noc([C@H]3CCCN(S(=O)(=O)c4ccccc4)C3)n2)c1. The second-order valence-electron chi connectivity index (χ2n) is 6.70. The van der Waals surface area contributed by atoms with E-state index in [-0.39, 0.29) is 5.92 Å². The van der Waals surface area contributed by atoms with Crippen LogP contribution in [0.15, 0.2) is 64.0 Å². The number of rotatable bonds is 5. The van der Waals surface area contributed by atoms with Gasteiger partial charge in [-0.15, -0.1) is 0 Å². The lowest BCUT2D eigenvalue weighted by Crippen LogP contribution is -2.39. The minimum Gasteiger partial charge on any atom is -0.497 e.